The second-order valence-electron chi connectivity index (χ2n) is 7.16. The molecule has 0 rings (SSSR count). The van der Waals surface area contributed by atoms with E-state index in [4.69, 9.17) is 0 Å². The van der Waals surface area contributed by atoms with Gasteiger partial charge in [0.25, 0.3) is 0 Å². The van der Waals surface area contributed by atoms with E-state index in [0.29, 0.717) is 12.8 Å². The van der Waals surface area contributed by atoms with Crippen LogP contribution in [0.4, 0.5) is 0 Å². The van der Waals surface area contributed by atoms with Crippen molar-refractivity contribution in [3.05, 3.63) is 0 Å². The van der Waals surface area contributed by atoms with Crippen LogP contribution in [0.5, 0.6) is 0 Å². The standard InChI is InChI=1S/C20H34O8/c1-5-7-9-11-13(3)17(23)27-19(25)15(21)16(22)20(26)28-18(24)14(4)12-10-8-6-2/h13-16,21-22H,5-12H2,1-4H3. The van der Waals surface area contributed by atoms with E-state index in [1.165, 1.54) is 0 Å². The van der Waals surface area contributed by atoms with E-state index >= 15 is 0 Å². The fourth-order valence-corrected chi connectivity index (χ4v) is 2.41. The van der Waals surface area contributed by atoms with Crippen LogP contribution >= 0.6 is 0 Å². The molecule has 0 heterocycles. The number of esters is 4. The summed E-state index contributed by atoms with van der Waals surface area (Å²) >= 11 is 0. The third-order valence-electron chi connectivity index (χ3n) is 4.47. The summed E-state index contributed by atoms with van der Waals surface area (Å²) in [7, 11) is 0. The highest BCUT2D eigenvalue weighted by molar-refractivity contribution is 5.95. The molecule has 0 aromatic carbocycles. The molecular formula is C20H34O8. The van der Waals surface area contributed by atoms with Gasteiger partial charge in [-0.15, -0.1) is 0 Å². The molecule has 8 nitrogen and oxygen atoms in total. The van der Waals surface area contributed by atoms with Crippen molar-refractivity contribution in [3.8, 4) is 0 Å². The first kappa shape index (κ1) is 26.2. The maximum Gasteiger partial charge on any atom is 0.346 e. The van der Waals surface area contributed by atoms with Crippen molar-refractivity contribution in [1.82, 2.24) is 0 Å². The second-order valence-corrected chi connectivity index (χ2v) is 7.16. The lowest BCUT2D eigenvalue weighted by Gasteiger charge is -2.17. The summed E-state index contributed by atoms with van der Waals surface area (Å²) in [6, 6.07) is 0. The summed E-state index contributed by atoms with van der Waals surface area (Å²) in [4.78, 5) is 47.2. The predicted octanol–water partition coefficient (Wildman–Crippen LogP) is 2.28. The predicted molar refractivity (Wildman–Crippen MR) is 101 cm³/mol. The van der Waals surface area contributed by atoms with E-state index in [9.17, 15) is 29.4 Å². The first-order chi connectivity index (χ1) is 13.1. The van der Waals surface area contributed by atoms with Crippen LogP contribution in [-0.2, 0) is 28.7 Å². The minimum absolute atomic E-state index is 0.519. The van der Waals surface area contributed by atoms with Crippen molar-refractivity contribution >= 4 is 23.9 Å². The first-order valence-electron chi connectivity index (χ1n) is 10.0. The summed E-state index contributed by atoms with van der Waals surface area (Å²) in [6.07, 6.45) is 1.80. The zero-order chi connectivity index (χ0) is 21.7. The number of carbonyl (C=O) groups excluding carboxylic acids is 4. The van der Waals surface area contributed by atoms with Crippen molar-refractivity contribution in [1.29, 1.82) is 0 Å². The van der Waals surface area contributed by atoms with E-state index < -0.39 is 47.9 Å². The molecule has 0 aliphatic rings. The Bertz CT molecular complexity index is 470. The number of aliphatic hydroxyl groups is 2. The summed E-state index contributed by atoms with van der Waals surface area (Å²) in [5, 5.41) is 19.5. The van der Waals surface area contributed by atoms with E-state index in [-0.39, 0.29) is 0 Å². The van der Waals surface area contributed by atoms with Crippen molar-refractivity contribution in [2.75, 3.05) is 0 Å². The molecule has 0 radical (unpaired) electrons. The van der Waals surface area contributed by atoms with Gasteiger partial charge in [-0.3, -0.25) is 9.59 Å². The minimum atomic E-state index is -2.32. The van der Waals surface area contributed by atoms with Crippen molar-refractivity contribution in [3.63, 3.8) is 0 Å². The normalized spacial score (nSPS) is 15.2. The van der Waals surface area contributed by atoms with Gasteiger partial charge >= 0.3 is 23.9 Å². The van der Waals surface area contributed by atoms with Crippen LogP contribution in [0.2, 0.25) is 0 Å². The molecule has 4 atom stereocenters. The van der Waals surface area contributed by atoms with E-state index in [2.05, 4.69) is 9.47 Å². The molecule has 0 aromatic heterocycles. The van der Waals surface area contributed by atoms with Gasteiger partial charge < -0.3 is 19.7 Å². The van der Waals surface area contributed by atoms with Gasteiger partial charge in [-0.05, 0) is 12.8 Å². The van der Waals surface area contributed by atoms with E-state index in [1.807, 2.05) is 13.8 Å². The molecule has 0 aliphatic heterocycles. The summed E-state index contributed by atoms with van der Waals surface area (Å²) in [5.41, 5.74) is 0. The molecular weight excluding hydrogens is 368 g/mol. The zero-order valence-corrected chi connectivity index (χ0v) is 17.3. The molecule has 0 fully saturated rings. The van der Waals surface area contributed by atoms with Gasteiger partial charge in [0.1, 0.15) is 0 Å². The number of ether oxygens (including phenoxy) is 2. The van der Waals surface area contributed by atoms with Gasteiger partial charge in [0.05, 0.1) is 11.8 Å². The highest BCUT2D eigenvalue weighted by Crippen LogP contribution is 2.14. The average molecular weight is 402 g/mol. The van der Waals surface area contributed by atoms with Crippen molar-refractivity contribution < 1.29 is 38.9 Å². The lowest BCUT2D eigenvalue weighted by Crippen LogP contribution is -2.43. The third kappa shape index (κ3) is 9.94. The van der Waals surface area contributed by atoms with E-state index in [0.717, 1.165) is 38.5 Å². The van der Waals surface area contributed by atoms with Crippen LogP contribution < -0.4 is 0 Å². The van der Waals surface area contributed by atoms with Crippen LogP contribution in [0.1, 0.15) is 79.1 Å². The fraction of sp³-hybridized carbons (Fsp3) is 0.800. The fourth-order valence-electron chi connectivity index (χ4n) is 2.41. The molecule has 0 amide bonds. The van der Waals surface area contributed by atoms with Crippen LogP contribution in [0.3, 0.4) is 0 Å². The van der Waals surface area contributed by atoms with Crippen LogP contribution in [-0.4, -0.2) is 46.3 Å². The summed E-state index contributed by atoms with van der Waals surface area (Å²) < 4.78 is 9.03. The number of rotatable bonds is 13. The smallest absolute Gasteiger partial charge is 0.346 e. The molecule has 2 N–H and O–H groups in total. The number of carbonyl (C=O) groups is 4. The topological polar surface area (TPSA) is 127 Å². The molecule has 8 heteroatoms. The quantitative estimate of drug-likeness (QED) is 0.273. The van der Waals surface area contributed by atoms with Crippen molar-refractivity contribution in [2.45, 2.75) is 91.3 Å². The number of aliphatic hydroxyl groups excluding tert-OH is 2. The lowest BCUT2D eigenvalue weighted by atomic mass is 10.0. The van der Waals surface area contributed by atoms with Gasteiger partial charge in [-0.2, -0.15) is 0 Å². The molecule has 28 heavy (non-hydrogen) atoms. The maximum absolute atomic E-state index is 11.8. The molecule has 4 unspecified atom stereocenters. The van der Waals surface area contributed by atoms with Gasteiger partial charge in [-0.1, -0.05) is 66.2 Å². The minimum Gasteiger partial charge on any atom is -0.391 e. The SMILES string of the molecule is CCCCCC(C)C(=O)OC(=O)C(O)C(O)C(=O)OC(=O)C(C)CCCCC. The van der Waals surface area contributed by atoms with Crippen LogP contribution in [0.15, 0.2) is 0 Å². The third-order valence-corrected chi connectivity index (χ3v) is 4.47. The lowest BCUT2D eigenvalue weighted by molar-refractivity contribution is -0.182. The number of hydrogen-bond acceptors (Lipinski definition) is 8. The van der Waals surface area contributed by atoms with Crippen LogP contribution in [0, 0.1) is 11.8 Å². The van der Waals surface area contributed by atoms with Gasteiger partial charge in [0, 0.05) is 0 Å². The number of hydrogen-bond donors (Lipinski definition) is 2. The Morgan fingerprint density at radius 1 is 0.643 bits per heavy atom. The Balaban J connectivity index is 4.51. The summed E-state index contributed by atoms with van der Waals surface area (Å²) in [6.45, 7) is 7.20. The molecule has 162 valence electrons. The average Bonchev–Trinajstić information content (AvgIpc) is 2.66. The molecule has 0 spiro atoms. The van der Waals surface area contributed by atoms with E-state index in [1.54, 1.807) is 13.8 Å². The van der Waals surface area contributed by atoms with Gasteiger partial charge in [0.2, 0.25) is 0 Å². The number of unbranched alkanes of at least 4 members (excludes halogenated alkanes) is 4. The highest BCUT2D eigenvalue weighted by atomic mass is 16.6. The Morgan fingerprint density at radius 3 is 1.25 bits per heavy atom. The Hall–Kier alpha value is -1.80. The largest absolute Gasteiger partial charge is 0.391 e. The Labute approximate surface area is 166 Å². The maximum atomic E-state index is 11.8. The summed E-state index contributed by atoms with van der Waals surface area (Å²) in [5.74, 6) is -5.72. The molecule has 0 saturated heterocycles. The van der Waals surface area contributed by atoms with Gasteiger partial charge in [0.15, 0.2) is 12.2 Å². The van der Waals surface area contributed by atoms with Crippen LogP contribution in [0.25, 0.3) is 0 Å². The van der Waals surface area contributed by atoms with Crippen molar-refractivity contribution in [2.24, 2.45) is 11.8 Å². The molecule has 0 aromatic rings. The zero-order valence-electron chi connectivity index (χ0n) is 17.3. The second kappa shape index (κ2) is 14.2. The molecule has 0 aliphatic carbocycles. The first-order valence-corrected chi connectivity index (χ1v) is 10.0. The Kier molecular flexibility index (Phi) is 13.3. The van der Waals surface area contributed by atoms with Gasteiger partial charge in [-0.25, -0.2) is 9.59 Å². The highest BCUT2D eigenvalue weighted by Gasteiger charge is 2.36. The molecule has 0 saturated carbocycles. The molecule has 0 bridgehead atoms. The Morgan fingerprint density at radius 2 is 0.964 bits per heavy atom. The monoisotopic (exact) mass is 402 g/mol.